The zero-order chi connectivity index (χ0) is 22.5. The largest absolute Gasteiger partial charge is 0.367 e. The fraction of sp³-hybridized carbons (Fsp3) is 0.333. The Labute approximate surface area is 191 Å². The van der Waals surface area contributed by atoms with Crippen LogP contribution in [0.3, 0.4) is 0 Å². The van der Waals surface area contributed by atoms with E-state index in [0.29, 0.717) is 40.6 Å². The summed E-state index contributed by atoms with van der Waals surface area (Å²) < 4.78 is 26.5. The first-order valence-corrected chi connectivity index (χ1v) is 11.2. The summed E-state index contributed by atoms with van der Waals surface area (Å²) >= 11 is 6.43. The van der Waals surface area contributed by atoms with Crippen molar-refractivity contribution in [3.05, 3.63) is 70.9 Å². The van der Waals surface area contributed by atoms with E-state index in [1.807, 2.05) is 24.3 Å². The van der Waals surface area contributed by atoms with E-state index in [1.54, 1.807) is 6.20 Å². The molecule has 2 aromatic heterocycles. The summed E-state index contributed by atoms with van der Waals surface area (Å²) in [6.45, 7) is 1.07. The van der Waals surface area contributed by atoms with Gasteiger partial charge in [0.15, 0.2) is 11.6 Å². The Kier molecular flexibility index (Phi) is 7.17. The first kappa shape index (κ1) is 22.4. The first-order valence-electron chi connectivity index (χ1n) is 10.8. The van der Waals surface area contributed by atoms with Gasteiger partial charge in [0.25, 0.3) is 0 Å². The fourth-order valence-corrected chi connectivity index (χ4v) is 4.19. The Balaban J connectivity index is 1.46. The van der Waals surface area contributed by atoms with Gasteiger partial charge in [-0.3, -0.25) is 0 Å². The van der Waals surface area contributed by atoms with Gasteiger partial charge < -0.3 is 16.4 Å². The number of anilines is 2. The third-order valence-corrected chi connectivity index (χ3v) is 6.17. The first-order chi connectivity index (χ1) is 15.5. The summed E-state index contributed by atoms with van der Waals surface area (Å²) in [6.07, 6.45) is 6.03. The highest BCUT2D eigenvalue weighted by Crippen LogP contribution is 2.31. The molecule has 4 rings (SSSR count). The Hall–Kier alpha value is -2.77. The second kappa shape index (κ2) is 10.2. The third-order valence-electron chi connectivity index (χ3n) is 5.87. The molecule has 0 unspecified atom stereocenters. The van der Waals surface area contributed by atoms with Crippen molar-refractivity contribution in [1.82, 2.24) is 9.97 Å². The summed E-state index contributed by atoms with van der Waals surface area (Å²) in [5.74, 6) is 0.258. The van der Waals surface area contributed by atoms with E-state index in [1.165, 1.54) is 12.1 Å². The molecule has 1 fully saturated rings. The summed E-state index contributed by atoms with van der Waals surface area (Å²) in [5.41, 5.74) is 7.88. The Morgan fingerprint density at radius 3 is 2.56 bits per heavy atom. The quantitative estimate of drug-likeness (QED) is 0.429. The van der Waals surface area contributed by atoms with Gasteiger partial charge >= 0.3 is 0 Å². The van der Waals surface area contributed by atoms with Gasteiger partial charge in [-0.15, -0.1) is 0 Å². The summed E-state index contributed by atoms with van der Waals surface area (Å²) in [5, 5.41) is 7.16. The molecule has 0 spiro atoms. The van der Waals surface area contributed by atoms with Crippen LogP contribution >= 0.6 is 11.6 Å². The predicted molar refractivity (Wildman–Crippen MR) is 125 cm³/mol. The van der Waals surface area contributed by atoms with Crippen molar-refractivity contribution in [2.75, 3.05) is 17.2 Å². The minimum absolute atomic E-state index is 0.315. The predicted octanol–water partition coefficient (Wildman–Crippen LogP) is 5.62. The van der Waals surface area contributed by atoms with Gasteiger partial charge in [-0.05, 0) is 74.0 Å². The normalized spacial score (nSPS) is 18.4. The number of hydrogen-bond donors (Lipinski definition) is 3. The minimum atomic E-state index is -0.869. The van der Waals surface area contributed by atoms with Crippen molar-refractivity contribution in [2.24, 2.45) is 11.7 Å². The molecule has 1 aliphatic carbocycles. The van der Waals surface area contributed by atoms with E-state index >= 15 is 0 Å². The number of nitrogens with one attached hydrogen (secondary N) is 2. The van der Waals surface area contributed by atoms with Crippen LogP contribution in [0.1, 0.15) is 31.2 Å². The maximum Gasteiger partial charge on any atom is 0.159 e. The molecule has 168 valence electrons. The summed E-state index contributed by atoms with van der Waals surface area (Å²) in [7, 11) is 0. The standard InChI is InChI=1S/C24H26ClF2N5/c25-19-14-30-24(31-17-7-4-15(12-28)5-8-17)11-18(19)22-2-1-3-23(32-22)29-13-16-6-9-20(26)21(27)10-16/h1-3,6,9-11,14-15,17H,4-5,7-8,12-13,28H2,(H,29,32)(H,30,31)/t15-,17-. The molecule has 5 nitrogen and oxygen atoms in total. The number of halogens is 3. The second-order valence-electron chi connectivity index (χ2n) is 8.16. The number of nitrogens with zero attached hydrogens (tertiary/aromatic N) is 2. The maximum atomic E-state index is 13.4. The Morgan fingerprint density at radius 2 is 1.81 bits per heavy atom. The molecule has 0 saturated heterocycles. The van der Waals surface area contributed by atoms with Gasteiger partial charge in [0, 0.05) is 24.3 Å². The lowest BCUT2D eigenvalue weighted by Gasteiger charge is -2.28. The monoisotopic (exact) mass is 457 g/mol. The molecule has 1 aromatic carbocycles. The highest BCUT2D eigenvalue weighted by Gasteiger charge is 2.20. The second-order valence-corrected chi connectivity index (χ2v) is 8.56. The van der Waals surface area contributed by atoms with Gasteiger partial charge in [-0.2, -0.15) is 0 Å². The molecule has 0 atom stereocenters. The van der Waals surface area contributed by atoms with Crippen molar-refractivity contribution in [3.8, 4) is 11.3 Å². The van der Waals surface area contributed by atoms with Gasteiger partial charge in [0.2, 0.25) is 0 Å². The fourth-order valence-electron chi connectivity index (χ4n) is 3.99. The van der Waals surface area contributed by atoms with Crippen molar-refractivity contribution >= 4 is 23.2 Å². The van der Waals surface area contributed by atoms with Crippen LogP contribution in [0.25, 0.3) is 11.3 Å². The van der Waals surface area contributed by atoms with Gasteiger partial charge in [0.1, 0.15) is 11.6 Å². The minimum Gasteiger partial charge on any atom is -0.367 e. The van der Waals surface area contributed by atoms with E-state index in [2.05, 4.69) is 20.6 Å². The van der Waals surface area contributed by atoms with Crippen molar-refractivity contribution in [2.45, 2.75) is 38.3 Å². The van der Waals surface area contributed by atoms with Crippen LogP contribution in [0.4, 0.5) is 20.4 Å². The number of nitrogens with two attached hydrogens (primary N) is 1. The molecule has 4 N–H and O–H groups in total. The van der Waals surface area contributed by atoms with E-state index in [0.717, 1.165) is 49.7 Å². The zero-order valence-corrected chi connectivity index (χ0v) is 18.4. The Bertz CT molecular complexity index is 1070. The molecule has 8 heteroatoms. The van der Waals surface area contributed by atoms with Crippen molar-refractivity contribution in [3.63, 3.8) is 0 Å². The third kappa shape index (κ3) is 5.53. The Morgan fingerprint density at radius 1 is 1.00 bits per heavy atom. The summed E-state index contributed by atoms with van der Waals surface area (Å²) in [4.78, 5) is 9.07. The molecule has 1 saturated carbocycles. The topological polar surface area (TPSA) is 75.9 Å². The molecule has 3 aromatic rings. The molecule has 0 radical (unpaired) electrons. The van der Waals surface area contributed by atoms with Crippen molar-refractivity contribution in [1.29, 1.82) is 0 Å². The average Bonchev–Trinajstić information content (AvgIpc) is 2.82. The molecular weight excluding hydrogens is 432 g/mol. The van der Waals surface area contributed by atoms with Crippen LogP contribution < -0.4 is 16.4 Å². The van der Waals surface area contributed by atoms with Crippen molar-refractivity contribution < 1.29 is 8.78 Å². The van der Waals surface area contributed by atoms with Crippen LogP contribution in [0, 0.1) is 17.6 Å². The van der Waals surface area contributed by atoms with Crippen LogP contribution in [-0.2, 0) is 6.54 Å². The average molecular weight is 458 g/mol. The summed E-state index contributed by atoms with van der Waals surface area (Å²) in [6, 6.07) is 11.7. The number of pyridine rings is 2. The number of hydrogen-bond acceptors (Lipinski definition) is 5. The van der Waals surface area contributed by atoms with Gasteiger partial charge in [-0.25, -0.2) is 18.7 Å². The molecule has 0 amide bonds. The van der Waals surface area contributed by atoms with Crippen LogP contribution in [0.2, 0.25) is 5.02 Å². The van der Waals surface area contributed by atoms with Crippen LogP contribution in [-0.4, -0.2) is 22.6 Å². The lowest BCUT2D eigenvalue weighted by Crippen LogP contribution is -2.29. The molecular formula is C24H26ClF2N5. The highest BCUT2D eigenvalue weighted by atomic mass is 35.5. The molecule has 2 heterocycles. The van der Waals surface area contributed by atoms with E-state index in [-0.39, 0.29) is 0 Å². The van der Waals surface area contributed by atoms with Crippen LogP contribution in [0.15, 0.2) is 48.7 Å². The number of benzene rings is 1. The molecule has 0 bridgehead atoms. The molecule has 32 heavy (non-hydrogen) atoms. The number of aromatic nitrogens is 2. The maximum absolute atomic E-state index is 13.4. The van der Waals surface area contributed by atoms with Gasteiger partial charge in [0.05, 0.1) is 10.7 Å². The number of rotatable bonds is 7. The molecule has 0 aliphatic heterocycles. The zero-order valence-electron chi connectivity index (χ0n) is 17.6. The highest BCUT2D eigenvalue weighted by molar-refractivity contribution is 6.33. The lowest BCUT2D eigenvalue weighted by molar-refractivity contribution is 0.344. The van der Waals surface area contributed by atoms with Crippen LogP contribution in [0.5, 0.6) is 0 Å². The van der Waals surface area contributed by atoms with E-state index in [4.69, 9.17) is 17.3 Å². The smallest absolute Gasteiger partial charge is 0.159 e. The SMILES string of the molecule is NC[C@H]1CC[C@H](Nc2cc(-c3cccc(NCc4ccc(F)c(F)c4)n3)c(Cl)cn2)CC1. The van der Waals surface area contributed by atoms with Gasteiger partial charge in [-0.1, -0.05) is 23.7 Å². The lowest BCUT2D eigenvalue weighted by atomic mass is 9.86. The molecule has 1 aliphatic rings. The van der Waals surface area contributed by atoms with E-state index < -0.39 is 11.6 Å². The van der Waals surface area contributed by atoms with E-state index in [9.17, 15) is 8.78 Å².